The van der Waals surface area contributed by atoms with E-state index in [0.29, 0.717) is 6.42 Å². The van der Waals surface area contributed by atoms with Crippen LogP contribution in [0.3, 0.4) is 0 Å². The van der Waals surface area contributed by atoms with Crippen LogP contribution >= 0.6 is 0 Å². The van der Waals surface area contributed by atoms with Crippen molar-refractivity contribution in [1.29, 1.82) is 0 Å². The average Bonchev–Trinajstić information content (AvgIpc) is 2.84. The van der Waals surface area contributed by atoms with Gasteiger partial charge in [0, 0.05) is 6.07 Å². The molecular formula is C14H18F2N2O. The molecule has 19 heavy (non-hydrogen) atoms. The Bertz CT molecular complexity index is 471. The van der Waals surface area contributed by atoms with E-state index in [1.54, 1.807) is 0 Å². The Kier molecular flexibility index (Phi) is 4.14. The quantitative estimate of drug-likeness (QED) is 0.881. The zero-order chi connectivity index (χ0) is 13.9. The molecule has 0 radical (unpaired) electrons. The van der Waals surface area contributed by atoms with Gasteiger partial charge in [-0.1, -0.05) is 13.3 Å². The van der Waals surface area contributed by atoms with Crippen LogP contribution in [-0.2, 0) is 4.79 Å². The van der Waals surface area contributed by atoms with Crippen LogP contribution in [0.2, 0.25) is 0 Å². The third-order valence-electron chi connectivity index (χ3n) is 3.53. The van der Waals surface area contributed by atoms with Crippen molar-refractivity contribution in [3.63, 3.8) is 0 Å². The molecule has 1 atom stereocenters. The first-order valence-electron chi connectivity index (χ1n) is 6.59. The van der Waals surface area contributed by atoms with Gasteiger partial charge in [0.2, 0.25) is 5.91 Å². The molecule has 1 heterocycles. The van der Waals surface area contributed by atoms with Crippen molar-refractivity contribution < 1.29 is 13.6 Å². The molecule has 0 saturated carbocycles. The van der Waals surface area contributed by atoms with Crippen LogP contribution < -0.4 is 10.6 Å². The fraction of sp³-hybridized carbons (Fsp3) is 0.500. The number of anilines is 1. The van der Waals surface area contributed by atoms with Gasteiger partial charge < -0.3 is 10.6 Å². The summed E-state index contributed by atoms with van der Waals surface area (Å²) in [4.78, 5) is 12.3. The maximum absolute atomic E-state index is 13.5. The second-order valence-corrected chi connectivity index (χ2v) is 4.94. The normalized spacial score (nSPS) is 22.5. The molecular weight excluding hydrogens is 250 g/mol. The fourth-order valence-corrected chi connectivity index (χ4v) is 2.59. The van der Waals surface area contributed by atoms with E-state index < -0.39 is 17.2 Å². The Morgan fingerprint density at radius 2 is 2.26 bits per heavy atom. The van der Waals surface area contributed by atoms with E-state index in [0.717, 1.165) is 44.0 Å². The molecule has 1 saturated heterocycles. The van der Waals surface area contributed by atoms with Crippen molar-refractivity contribution in [2.75, 3.05) is 11.9 Å². The van der Waals surface area contributed by atoms with Gasteiger partial charge in [-0.3, -0.25) is 4.79 Å². The van der Waals surface area contributed by atoms with E-state index >= 15 is 0 Å². The third kappa shape index (κ3) is 2.92. The largest absolute Gasteiger partial charge is 0.322 e. The smallest absolute Gasteiger partial charge is 0.244 e. The lowest BCUT2D eigenvalue weighted by Gasteiger charge is -2.27. The standard InChI is InChI=1S/C14H18F2N2O/c1-2-6-14(7-3-8-17-14)13(19)18-12-9-10(15)4-5-11(12)16/h4-5,9,17H,2-3,6-8H2,1H3,(H,18,19). The molecule has 1 aromatic rings. The Hall–Kier alpha value is -1.49. The van der Waals surface area contributed by atoms with Crippen molar-refractivity contribution in [3.05, 3.63) is 29.8 Å². The number of hydrogen-bond acceptors (Lipinski definition) is 2. The molecule has 0 spiro atoms. The summed E-state index contributed by atoms with van der Waals surface area (Å²) >= 11 is 0. The van der Waals surface area contributed by atoms with E-state index in [1.165, 1.54) is 0 Å². The van der Waals surface area contributed by atoms with Crippen molar-refractivity contribution in [1.82, 2.24) is 5.32 Å². The maximum Gasteiger partial charge on any atom is 0.244 e. The molecule has 1 amide bonds. The van der Waals surface area contributed by atoms with Crippen molar-refractivity contribution in [3.8, 4) is 0 Å². The highest BCUT2D eigenvalue weighted by atomic mass is 19.1. The van der Waals surface area contributed by atoms with Gasteiger partial charge in [0.05, 0.1) is 11.2 Å². The topological polar surface area (TPSA) is 41.1 Å². The predicted octanol–water partition coefficient (Wildman–Crippen LogP) is 2.83. The minimum absolute atomic E-state index is 0.103. The van der Waals surface area contributed by atoms with E-state index in [1.807, 2.05) is 6.92 Å². The highest BCUT2D eigenvalue weighted by molar-refractivity contribution is 5.98. The molecule has 2 rings (SSSR count). The summed E-state index contributed by atoms with van der Waals surface area (Å²) in [6.45, 7) is 2.77. The molecule has 0 aromatic heterocycles. The number of amides is 1. The van der Waals surface area contributed by atoms with Gasteiger partial charge in [0.15, 0.2) is 0 Å². The van der Waals surface area contributed by atoms with Crippen LogP contribution in [0.25, 0.3) is 0 Å². The van der Waals surface area contributed by atoms with Crippen LogP contribution in [0.15, 0.2) is 18.2 Å². The van der Waals surface area contributed by atoms with Gasteiger partial charge >= 0.3 is 0 Å². The Labute approximate surface area is 111 Å². The lowest BCUT2D eigenvalue weighted by atomic mass is 9.91. The minimum atomic E-state index is -0.645. The molecule has 5 heteroatoms. The summed E-state index contributed by atoms with van der Waals surface area (Å²) in [6, 6.07) is 3.04. The Morgan fingerprint density at radius 3 is 2.89 bits per heavy atom. The lowest BCUT2D eigenvalue weighted by Crippen LogP contribution is -2.50. The lowest BCUT2D eigenvalue weighted by molar-refractivity contribution is -0.122. The first-order chi connectivity index (χ1) is 9.07. The molecule has 1 aliphatic heterocycles. The molecule has 0 bridgehead atoms. The van der Waals surface area contributed by atoms with Crippen LogP contribution in [-0.4, -0.2) is 18.0 Å². The molecule has 0 aliphatic carbocycles. The Balaban J connectivity index is 2.17. The van der Waals surface area contributed by atoms with Crippen LogP contribution in [0.1, 0.15) is 32.6 Å². The Morgan fingerprint density at radius 1 is 1.47 bits per heavy atom. The van der Waals surface area contributed by atoms with Crippen molar-refractivity contribution in [2.24, 2.45) is 0 Å². The molecule has 3 nitrogen and oxygen atoms in total. The van der Waals surface area contributed by atoms with Crippen molar-refractivity contribution in [2.45, 2.75) is 38.1 Å². The SMILES string of the molecule is CCCC1(C(=O)Nc2cc(F)ccc2F)CCCN1. The fourth-order valence-electron chi connectivity index (χ4n) is 2.59. The number of nitrogens with one attached hydrogen (secondary N) is 2. The minimum Gasteiger partial charge on any atom is -0.322 e. The predicted molar refractivity (Wildman–Crippen MR) is 69.9 cm³/mol. The van der Waals surface area contributed by atoms with E-state index in [4.69, 9.17) is 0 Å². The maximum atomic E-state index is 13.5. The summed E-state index contributed by atoms with van der Waals surface area (Å²) in [5, 5.41) is 5.70. The van der Waals surface area contributed by atoms with Crippen LogP contribution in [0.4, 0.5) is 14.5 Å². The van der Waals surface area contributed by atoms with E-state index in [9.17, 15) is 13.6 Å². The number of carbonyl (C=O) groups excluding carboxylic acids is 1. The summed E-state index contributed by atoms with van der Waals surface area (Å²) in [5.41, 5.74) is -0.748. The van der Waals surface area contributed by atoms with Gasteiger partial charge in [-0.15, -0.1) is 0 Å². The molecule has 104 valence electrons. The zero-order valence-electron chi connectivity index (χ0n) is 10.9. The second-order valence-electron chi connectivity index (χ2n) is 4.94. The molecule has 2 N–H and O–H groups in total. The average molecular weight is 268 g/mol. The van der Waals surface area contributed by atoms with Gasteiger partial charge in [-0.2, -0.15) is 0 Å². The molecule has 1 aromatic carbocycles. The van der Waals surface area contributed by atoms with E-state index in [2.05, 4.69) is 10.6 Å². The van der Waals surface area contributed by atoms with Gasteiger partial charge in [0.25, 0.3) is 0 Å². The molecule has 1 aliphatic rings. The van der Waals surface area contributed by atoms with Crippen LogP contribution in [0.5, 0.6) is 0 Å². The van der Waals surface area contributed by atoms with E-state index in [-0.39, 0.29) is 11.6 Å². The van der Waals surface area contributed by atoms with Gasteiger partial charge in [-0.05, 0) is 37.9 Å². The highest BCUT2D eigenvalue weighted by Gasteiger charge is 2.40. The summed E-state index contributed by atoms with van der Waals surface area (Å²) in [5.74, 6) is -1.48. The van der Waals surface area contributed by atoms with Crippen molar-refractivity contribution >= 4 is 11.6 Å². The number of benzene rings is 1. The monoisotopic (exact) mass is 268 g/mol. The van der Waals surface area contributed by atoms with Crippen LogP contribution in [0, 0.1) is 11.6 Å². The highest BCUT2D eigenvalue weighted by Crippen LogP contribution is 2.27. The second kappa shape index (κ2) is 5.65. The third-order valence-corrected chi connectivity index (χ3v) is 3.53. The zero-order valence-corrected chi connectivity index (χ0v) is 10.9. The number of hydrogen-bond donors (Lipinski definition) is 2. The van der Waals surface area contributed by atoms with Gasteiger partial charge in [0.1, 0.15) is 11.6 Å². The molecule has 1 fully saturated rings. The molecule has 1 unspecified atom stereocenters. The number of carbonyl (C=O) groups is 1. The first-order valence-corrected chi connectivity index (χ1v) is 6.59. The summed E-state index contributed by atoms with van der Waals surface area (Å²) in [6.07, 6.45) is 3.19. The summed E-state index contributed by atoms with van der Waals surface area (Å²) in [7, 11) is 0. The van der Waals surface area contributed by atoms with Gasteiger partial charge in [-0.25, -0.2) is 8.78 Å². The summed E-state index contributed by atoms with van der Waals surface area (Å²) < 4.78 is 26.6. The number of halogens is 2. The number of rotatable bonds is 4. The first kappa shape index (κ1) is 13.9.